The first-order valence-corrected chi connectivity index (χ1v) is 26.1. The number of aliphatic hydroxyl groups is 3. The monoisotopic (exact) mass is 1150 g/mol. The number of hydrogen-bond acceptors (Lipinski definition) is 13. The fourth-order valence-electron chi connectivity index (χ4n) is 9.92. The summed E-state index contributed by atoms with van der Waals surface area (Å²) in [6.07, 6.45) is -12.3. The topological polar surface area (TPSA) is 149 Å². The molecule has 0 bridgehead atoms. The quantitative estimate of drug-likeness (QED) is 0.0745. The molecule has 0 spiro atoms. The van der Waals surface area contributed by atoms with Gasteiger partial charge in [0.15, 0.2) is 17.8 Å². The summed E-state index contributed by atoms with van der Waals surface area (Å²) in [5.74, 6) is -6.59. The van der Waals surface area contributed by atoms with Gasteiger partial charge in [-0.3, -0.25) is 4.98 Å². The van der Waals surface area contributed by atoms with Crippen molar-refractivity contribution in [1.29, 1.82) is 0 Å². The van der Waals surface area contributed by atoms with Crippen molar-refractivity contribution in [3.63, 3.8) is 0 Å². The molecule has 82 heavy (non-hydrogen) atoms. The highest BCUT2D eigenvalue weighted by Gasteiger charge is 2.58. The normalized spacial score (nSPS) is 18.2. The maximum absolute atomic E-state index is 16.1. The minimum absolute atomic E-state index is 0.138. The molecule has 3 atom stereocenters. The fourth-order valence-corrected chi connectivity index (χ4v) is 9.92. The first-order chi connectivity index (χ1) is 38.6. The molecule has 7 aromatic rings. The van der Waals surface area contributed by atoms with Gasteiger partial charge in [-0.1, -0.05) is 54.6 Å². The number of aliphatic hydroxyl groups excluding tert-OH is 2. The van der Waals surface area contributed by atoms with Crippen LogP contribution < -0.4 is 25.1 Å². The molecule has 25 heteroatoms. The summed E-state index contributed by atoms with van der Waals surface area (Å²) < 4.78 is 151. The summed E-state index contributed by atoms with van der Waals surface area (Å²) in [4.78, 5) is 12.2. The average molecular weight is 1150 g/mol. The zero-order valence-electron chi connectivity index (χ0n) is 44.8. The van der Waals surface area contributed by atoms with Gasteiger partial charge in [-0.25, -0.2) is 13.5 Å². The first kappa shape index (κ1) is 59.3. The van der Waals surface area contributed by atoms with Gasteiger partial charge in [-0.2, -0.15) is 35.1 Å². The van der Waals surface area contributed by atoms with Crippen LogP contribution in [0.25, 0.3) is 11.1 Å². The van der Waals surface area contributed by atoms with Crippen molar-refractivity contribution in [2.45, 2.75) is 81.5 Å². The van der Waals surface area contributed by atoms with E-state index in [0.29, 0.717) is 67.8 Å². The Morgan fingerprint density at radius 3 is 1.46 bits per heavy atom. The van der Waals surface area contributed by atoms with E-state index in [0.717, 1.165) is 59.1 Å². The lowest BCUT2D eigenvalue weighted by molar-refractivity contribution is -0.207. The van der Waals surface area contributed by atoms with Gasteiger partial charge in [-0.05, 0) is 127 Å². The van der Waals surface area contributed by atoms with Gasteiger partial charge < -0.3 is 44.2 Å². The van der Waals surface area contributed by atoms with Crippen LogP contribution >= 0.6 is 0 Å². The van der Waals surface area contributed by atoms with Gasteiger partial charge >= 0.3 is 25.4 Å². The molecule has 10 rings (SSSR count). The number of pyridine rings is 1. The van der Waals surface area contributed by atoms with Crippen LogP contribution in [0.4, 0.5) is 66.7 Å². The van der Waals surface area contributed by atoms with Crippen molar-refractivity contribution in [2.24, 2.45) is 0 Å². The van der Waals surface area contributed by atoms with Crippen LogP contribution in [0.3, 0.4) is 0 Å². The zero-order chi connectivity index (χ0) is 59.0. The minimum atomic E-state index is -4.76. The highest BCUT2D eigenvalue weighted by molar-refractivity contribution is 6.62. The Labute approximate surface area is 466 Å². The van der Waals surface area contributed by atoms with Crippen LogP contribution in [0.15, 0.2) is 140 Å². The van der Waals surface area contributed by atoms with Crippen molar-refractivity contribution >= 4 is 35.3 Å². The van der Waals surface area contributed by atoms with Crippen LogP contribution in [0.2, 0.25) is 0 Å². The average Bonchev–Trinajstić information content (AvgIpc) is 4.21. The van der Waals surface area contributed by atoms with Gasteiger partial charge in [-0.15, -0.1) is 5.10 Å². The number of aromatic nitrogens is 5. The van der Waals surface area contributed by atoms with Gasteiger partial charge in [0.05, 0.1) is 17.7 Å². The highest BCUT2D eigenvalue weighted by Crippen LogP contribution is 2.47. The third kappa shape index (κ3) is 12.7. The number of tetrazole rings is 1. The summed E-state index contributed by atoms with van der Waals surface area (Å²) in [5, 5.41) is 40.8. The summed E-state index contributed by atoms with van der Waals surface area (Å²) in [7, 11) is -0.403. The van der Waals surface area contributed by atoms with E-state index in [1.54, 1.807) is 30.3 Å². The van der Waals surface area contributed by atoms with E-state index in [-0.39, 0.29) is 22.3 Å². The molecule has 2 unspecified atom stereocenters. The van der Waals surface area contributed by atoms with E-state index < -0.39 is 72.6 Å². The van der Waals surface area contributed by atoms with E-state index in [1.165, 1.54) is 42.6 Å². The Morgan fingerprint density at radius 1 is 0.573 bits per heavy atom. The summed E-state index contributed by atoms with van der Waals surface area (Å²) in [5.41, 5.74) is -0.825. The van der Waals surface area contributed by atoms with E-state index in [2.05, 4.69) is 42.4 Å². The molecule has 14 nitrogen and oxygen atoms in total. The molecule has 2 aromatic heterocycles. The molecule has 0 aliphatic carbocycles. The molecule has 0 saturated carbocycles. The number of nitrogens with zero attached hydrogens (tertiary/aromatic N) is 9. The van der Waals surface area contributed by atoms with Gasteiger partial charge in [0.2, 0.25) is 0 Å². The molecule has 434 valence electrons. The lowest BCUT2D eigenvalue weighted by atomic mass is 9.79. The van der Waals surface area contributed by atoms with Crippen LogP contribution in [-0.2, 0) is 27.4 Å². The van der Waals surface area contributed by atoms with Crippen molar-refractivity contribution in [3.05, 3.63) is 174 Å². The highest BCUT2D eigenvalue weighted by atomic mass is 19.4. The molecule has 3 aliphatic heterocycles. The third-order valence-electron chi connectivity index (χ3n) is 15.4. The number of anilines is 4. The predicted octanol–water partition coefficient (Wildman–Crippen LogP) is 9.52. The lowest BCUT2D eigenvalue weighted by Gasteiger charge is -2.37. The van der Waals surface area contributed by atoms with Crippen molar-refractivity contribution < 1.29 is 68.5 Å². The van der Waals surface area contributed by atoms with E-state index in [4.69, 9.17) is 9.31 Å². The maximum atomic E-state index is 16.1. The Kier molecular flexibility index (Phi) is 16.7. The minimum Gasteiger partial charge on any atom is -0.399 e. The molecule has 5 heterocycles. The molecule has 3 aliphatic rings. The van der Waals surface area contributed by atoms with Crippen LogP contribution in [0.1, 0.15) is 62.3 Å². The number of piperazine rings is 2. The van der Waals surface area contributed by atoms with E-state index in [9.17, 15) is 50.4 Å². The van der Waals surface area contributed by atoms with Gasteiger partial charge in [0, 0.05) is 98.5 Å². The van der Waals surface area contributed by atoms with Gasteiger partial charge in [0.1, 0.15) is 23.7 Å². The molecule has 3 saturated heterocycles. The summed E-state index contributed by atoms with van der Waals surface area (Å²) >= 11 is 0. The van der Waals surface area contributed by atoms with E-state index >= 15 is 8.78 Å². The lowest BCUT2D eigenvalue weighted by Crippen LogP contribution is -2.48. The fraction of sp³-hybridized carbons (Fsp3) is 0.368. The molecule has 3 N–H and O–H groups in total. The molecule has 5 aromatic carbocycles. The predicted molar refractivity (Wildman–Crippen MR) is 288 cm³/mol. The number of rotatable bonds is 13. The second kappa shape index (κ2) is 23.1. The molecule has 0 radical (unpaired) electrons. The molecule has 0 amide bonds. The van der Waals surface area contributed by atoms with Crippen molar-refractivity contribution in [3.8, 4) is 11.1 Å². The Bertz CT molecular complexity index is 3260. The number of benzene rings is 5. The SMILES string of the molecule is CC1(C)OB(c2ccc(N3CCN(c4cccc(C(O)C(F)(F)F)c4)CC3)cc2)OC1(C)C.OC(c1cccc(N2CCN(c3ccc(-c4ccc(C(F)(F)[C@](O)(Cn5cnnn5)c5ccc(F)cc5F)nc4)cc3)CC2)c1)C(F)(F)F. The Morgan fingerprint density at radius 2 is 1.04 bits per heavy atom. The first-order valence-electron chi connectivity index (χ1n) is 26.1. The van der Waals surface area contributed by atoms with Gasteiger partial charge in [0.25, 0.3) is 0 Å². The van der Waals surface area contributed by atoms with E-state index in [1.807, 2.05) is 61.8 Å². The standard InChI is InChI=1S/C33H28F7N7O2.C24H30BF3N2O3/c34-24-7-10-27(28(35)17-24)31(49,19-47-20-42-43-44-47)32(36,37)29-11-6-23(18-41-29)21-4-8-25(9-5-21)45-12-14-46(15-13-45)26-3-1-2-22(16-26)30(48)33(38,39)40;1-22(2)23(3,4)33-25(32-22)18-8-10-19(11-9-18)29-12-14-30(15-13-29)20-7-5-6-17(16-20)21(31)24(26,27)28/h1-11,16-18,20,30,48-49H,12-15,19H2;5-11,16,21,31H,12-15H2,1-4H3/t30?,31-;/m0./s1. The smallest absolute Gasteiger partial charge is 0.399 e. The Hall–Kier alpha value is -7.32. The Balaban J connectivity index is 0.000000213. The third-order valence-corrected chi connectivity index (χ3v) is 15.4. The maximum Gasteiger partial charge on any atom is 0.494 e. The number of alkyl halides is 8. The molecular formula is C57H58BF10N9O5. The molecular weight excluding hydrogens is 1090 g/mol. The molecule has 3 fully saturated rings. The largest absolute Gasteiger partial charge is 0.494 e. The summed E-state index contributed by atoms with van der Waals surface area (Å²) in [6, 6.07) is 31.5. The van der Waals surface area contributed by atoms with Crippen molar-refractivity contribution in [2.75, 3.05) is 72.0 Å². The second-order valence-electron chi connectivity index (χ2n) is 21.3. The number of halogens is 10. The zero-order valence-corrected chi connectivity index (χ0v) is 44.8. The number of hydrogen-bond donors (Lipinski definition) is 3. The van der Waals surface area contributed by atoms with Crippen LogP contribution in [0, 0.1) is 11.6 Å². The second-order valence-corrected chi connectivity index (χ2v) is 21.3. The van der Waals surface area contributed by atoms with Crippen LogP contribution in [0.5, 0.6) is 0 Å². The van der Waals surface area contributed by atoms with Crippen LogP contribution in [-0.4, -0.2) is 124 Å². The van der Waals surface area contributed by atoms with Crippen molar-refractivity contribution in [1.82, 2.24) is 25.2 Å². The summed E-state index contributed by atoms with van der Waals surface area (Å²) in [6.45, 7) is 12.1.